The summed E-state index contributed by atoms with van der Waals surface area (Å²) in [6, 6.07) is 15.5. The van der Waals surface area contributed by atoms with Gasteiger partial charge in [0, 0.05) is 20.1 Å². The lowest BCUT2D eigenvalue weighted by atomic mass is 10.0. The molecule has 0 unspecified atom stereocenters. The molecule has 0 atom stereocenters. The first-order valence-corrected chi connectivity index (χ1v) is 9.79. The Kier molecular flexibility index (Phi) is 6.42. The second-order valence-electron chi connectivity index (χ2n) is 7.42. The molecular weight excluding hydrogens is 368 g/mol. The van der Waals surface area contributed by atoms with Crippen LogP contribution in [0.15, 0.2) is 48.5 Å². The van der Waals surface area contributed by atoms with Crippen molar-refractivity contribution in [3.05, 3.63) is 59.7 Å². The van der Waals surface area contributed by atoms with Gasteiger partial charge in [0.05, 0.1) is 14.2 Å². The van der Waals surface area contributed by atoms with E-state index in [0.29, 0.717) is 43.9 Å². The summed E-state index contributed by atoms with van der Waals surface area (Å²) < 4.78 is 10.6. The Hall–Kier alpha value is -3.02. The third-order valence-electron chi connectivity index (χ3n) is 5.35. The Labute approximate surface area is 171 Å². The molecule has 0 radical (unpaired) electrons. The maximum atomic E-state index is 12.9. The van der Waals surface area contributed by atoms with Crippen molar-refractivity contribution in [2.24, 2.45) is 5.41 Å². The second kappa shape index (κ2) is 8.99. The van der Waals surface area contributed by atoms with E-state index in [1.807, 2.05) is 48.5 Å². The van der Waals surface area contributed by atoms with Crippen molar-refractivity contribution in [2.45, 2.75) is 25.8 Å². The normalized spacial score (nSPS) is 14.0. The van der Waals surface area contributed by atoms with Crippen molar-refractivity contribution >= 4 is 11.8 Å². The summed E-state index contributed by atoms with van der Waals surface area (Å²) in [5.74, 6) is 1.05. The van der Waals surface area contributed by atoms with Crippen LogP contribution in [0.5, 0.6) is 11.5 Å². The molecule has 0 saturated heterocycles. The van der Waals surface area contributed by atoms with Gasteiger partial charge in [-0.2, -0.15) is 0 Å². The number of nitrogens with zero attached hydrogens (tertiary/aromatic N) is 1. The van der Waals surface area contributed by atoms with Gasteiger partial charge in [-0.15, -0.1) is 0 Å². The van der Waals surface area contributed by atoms with Crippen LogP contribution in [-0.2, 0) is 22.6 Å². The molecule has 29 heavy (non-hydrogen) atoms. The zero-order valence-corrected chi connectivity index (χ0v) is 17.2. The number of hydrogen-bond acceptors (Lipinski definition) is 4. The first-order chi connectivity index (χ1) is 14.0. The van der Waals surface area contributed by atoms with Crippen LogP contribution in [0.4, 0.5) is 0 Å². The number of nitrogens with one attached hydrogen (secondary N) is 1. The maximum absolute atomic E-state index is 12.9. The summed E-state index contributed by atoms with van der Waals surface area (Å²) in [5, 5.41) is 2.94. The van der Waals surface area contributed by atoms with Gasteiger partial charge in [0.15, 0.2) is 11.5 Å². The van der Waals surface area contributed by atoms with E-state index in [1.54, 1.807) is 26.2 Å². The molecule has 2 aromatic rings. The van der Waals surface area contributed by atoms with E-state index in [0.717, 1.165) is 11.1 Å². The Balaban J connectivity index is 1.54. The topological polar surface area (TPSA) is 67.9 Å². The van der Waals surface area contributed by atoms with Gasteiger partial charge < -0.3 is 19.7 Å². The number of hydrogen-bond donors (Lipinski definition) is 1. The minimum atomic E-state index is -0.902. The first kappa shape index (κ1) is 20.7. The number of ether oxygens (including phenoxy) is 2. The van der Waals surface area contributed by atoms with Gasteiger partial charge >= 0.3 is 0 Å². The fourth-order valence-electron chi connectivity index (χ4n) is 3.48. The lowest BCUT2D eigenvalue weighted by molar-refractivity contribution is -0.143. The standard InChI is InChI=1S/C23H28N2O4/c1-25(16-18-7-5-4-6-8-18)22(27)23(12-13-23)21(26)24-14-11-17-9-10-19(28-2)20(15-17)29-3/h4-10,15H,11-14,16H2,1-3H3,(H,24,26). The summed E-state index contributed by atoms with van der Waals surface area (Å²) >= 11 is 0. The highest BCUT2D eigenvalue weighted by molar-refractivity contribution is 6.07. The van der Waals surface area contributed by atoms with Gasteiger partial charge in [-0.1, -0.05) is 36.4 Å². The predicted octanol–water partition coefficient (Wildman–Crippen LogP) is 2.80. The summed E-state index contributed by atoms with van der Waals surface area (Å²) in [5.41, 5.74) is 1.18. The highest BCUT2D eigenvalue weighted by atomic mass is 16.5. The van der Waals surface area contributed by atoms with Crippen molar-refractivity contribution in [1.29, 1.82) is 0 Å². The van der Waals surface area contributed by atoms with Crippen molar-refractivity contribution in [3.63, 3.8) is 0 Å². The third kappa shape index (κ3) is 4.70. The fourth-order valence-corrected chi connectivity index (χ4v) is 3.48. The molecule has 0 spiro atoms. The van der Waals surface area contributed by atoms with Crippen molar-refractivity contribution < 1.29 is 19.1 Å². The molecule has 1 saturated carbocycles. The molecule has 1 aliphatic carbocycles. The van der Waals surface area contributed by atoms with Crippen LogP contribution in [0.1, 0.15) is 24.0 Å². The average molecular weight is 396 g/mol. The van der Waals surface area contributed by atoms with E-state index in [9.17, 15) is 9.59 Å². The molecule has 0 bridgehead atoms. The van der Waals surface area contributed by atoms with Gasteiger partial charge in [0.1, 0.15) is 5.41 Å². The van der Waals surface area contributed by atoms with Crippen molar-refractivity contribution in [2.75, 3.05) is 27.8 Å². The lowest BCUT2D eigenvalue weighted by Gasteiger charge is -2.23. The number of carbonyl (C=O) groups is 2. The van der Waals surface area contributed by atoms with E-state index in [-0.39, 0.29) is 11.8 Å². The molecule has 0 heterocycles. The molecule has 1 fully saturated rings. The van der Waals surface area contributed by atoms with Crippen molar-refractivity contribution in [1.82, 2.24) is 10.2 Å². The number of benzene rings is 2. The molecule has 154 valence electrons. The zero-order valence-electron chi connectivity index (χ0n) is 17.2. The highest BCUT2D eigenvalue weighted by Crippen LogP contribution is 2.47. The monoisotopic (exact) mass is 396 g/mol. The number of amides is 2. The van der Waals surface area contributed by atoms with Crippen LogP contribution in [0.25, 0.3) is 0 Å². The Morgan fingerprint density at radius 2 is 1.69 bits per heavy atom. The van der Waals surface area contributed by atoms with E-state index in [2.05, 4.69) is 5.32 Å². The van der Waals surface area contributed by atoms with Crippen molar-refractivity contribution in [3.8, 4) is 11.5 Å². The van der Waals surface area contributed by atoms with Gasteiger partial charge in [-0.25, -0.2) is 0 Å². The fraction of sp³-hybridized carbons (Fsp3) is 0.391. The SMILES string of the molecule is COc1ccc(CCNC(=O)C2(C(=O)N(C)Cc3ccccc3)CC2)cc1OC. The minimum Gasteiger partial charge on any atom is -0.493 e. The Morgan fingerprint density at radius 3 is 2.31 bits per heavy atom. The minimum absolute atomic E-state index is 0.107. The van der Waals surface area contributed by atoms with Gasteiger partial charge in [0.2, 0.25) is 11.8 Å². The second-order valence-corrected chi connectivity index (χ2v) is 7.42. The summed E-state index contributed by atoms with van der Waals surface area (Å²) in [4.78, 5) is 27.3. The van der Waals surface area contributed by atoms with E-state index in [1.165, 1.54) is 0 Å². The smallest absolute Gasteiger partial charge is 0.238 e. The Morgan fingerprint density at radius 1 is 1.00 bits per heavy atom. The van der Waals surface area contributed by atoms with Crippen LogP contribution in [-0.4, -0.2) is 44.5 Å². The summed E-state index contributed by atoms with van der Waals surface area (Å²) in [6.45, 7) is 0.964. The van der Waals surface area contributed by atoms with Crippen LogP contribution >= 0.6 is 0 Å². The zero-order chi connectivity index (χ0) is 20.9. The molecular formula is C23H28N2O4. The third-order valence-corrected chi connectivity index (χ3v) is 5.35. The van der Waals surface area contributed by atoms with Gasteiger partial charge in [0.25, 0.3) is 0 Å². The Bertz CT molecular complexity index is 862. The van der Waals surface area contributed by atoms with Crippen LogP contribution in [0.3, 0.4) is 0 Å². The van der Waals surface area contributed by atoms with E-state index in [4.69, 9.17) is 9.47 Å². The number of rotatable bonds is 9. The van der Waals surface area contributed by atoms with Gasteiger partial charge in [-0.05, 0) is 42.5 Å². The molecule has 1 aliphatic rings. The molecule has 1 N–H and O–H groups in total. The lowest BCUT2D eigenvalue weighted by Crippen LogP contribution is -2.44. The molecule has 0 aliphatic heterocycles. The average Bonchev–Trinajstić information content (AvgIpc) is 3.55. The van der Waals surface area contributed by atoms with Crippen LogP contribution in [0, 0.1) is 5.41 Å². The molecule has 6 nitrogen and oxygen atoms in total. The van der Waals surface area contributed by atoms with E-state index >= 15 is 0 Å². The van der Waals surface area contributed by atoms with Crippen LogP contribution in [0.2, 0.25) is 0 Å². The number of carbonyl (C=O) groups excluding carboxylic acids is 2. The molecule has 2 aromatic carbocycles. The number of methoxy groups -OCH3 is 2. The summed E-state index contributed by atoms with van der Waals surface area (Å²) in [6.07, 6.45) is 1.86. The molecule has 2 amide bonds. The molecule has 0 aromatic heterocycles. The van der Waals surface area contributed by atoms with Crippen LogP contribution < -0.4 is 14.8 Å². The first-order valence-electron chi connectivity index (χ1n) is 9.79. The molecule has 6 heteroatoms. The van der Waals surface area contributed by atoms with Gasteiger partial charge in [-0.3, -0.25) is 9.59 Å². The van der Waals surface area contributed by atoms with E-state index < -0.39 is 5.41 Å². The summed E-state index contributed by atoms with van der Waals surface area (Å²) in [7, 11) is 4.95. The maximum Gasteiger partial charge on any atom is 0.238 e. The quantitative estimate of drug-likeness (QED) is 0.662. The predicted molar refractivity (Wildman–Crippen MR) is 111 cm³/mol. The molecule has 3 rings (SSSR count). The highest BCUT2D eigenvalue weighted by Gasteiger charge is 2.57. The largest absolute Gasteiger partial charge is 0.493 e.